The van der Waals surface area contributed by atoms with E-state index in [1.807, 2.05) is 0 Å². The second-order valence-electron chi connectivity index (χ2n) is 3.84. The average molecular weight is 275 g/mol. The van der Waals surface area contributed by atoms with Crippen LogP contribution in [-0.2, 0) is 6.54 Å². The zero-order chi connectivity index (χ0) is 13.9. The van der Waals surface area contributed by atoms with Crippen molar-refractivity contribution in [2.75, 3.05) is 11.9 Å². The summed E-state index contributed by atoms with van der Waals surface area (Å²) in [5.74, 6) is -0.501. The van der Waals surface area contributed by atoms with Crippen LogP contribution in [0.4, 0.5) is 5.82 Å². The van der Waals surface area contributed by atoms with Crippen molar-refractivity contribution in [3.63, 3.8) is 0 Å². The van der Waals surface area contributed by atoms with Gasteiger partial charge in [0.05, 0.1) is 12.7 Å². The van der Waals surface area contributed by atoms with Crippen LogP contribution in [0.1, 0.15) is 10.5 Å². The molecule has 11 nitrogen and oxygen atoms in total. The van der Waals surface area contributed by atoms with Gasteiger partial charge in [0.15, 0.2) is 11.3 Å². The van der Waals surface area contributed by atoms with Crippen molar-refractivity contribution in [2.45, 2.75) is 6.54 Å². The lowest BCUT2D eigenvalue weighted by Crippen LogP contribution is -2.13. The Balaban J connectivity index is 1.59. The molecule has 0 saturated carbocycles. The molecule has 0 radical (unpaired) electrons. The summed E-state index contributed by atoms with van der Waals surface area (Å²) in [6, 6.07) is 3.48. The summed E-state index contributed by atoms with van der Waals surface area (Å²) in [5, 5.41) is 34.0. The van der Waals surface area contributed by atoms with E-state index in [1.54, 1.807) is 12.1 Å². The van der Waals surface area contributed by atoms with Crippen LogP contribution < -0.4 is 5.32 Å². The molecule has 0 atom stereocenters. The molecule has 3 rings (SSSR count). The number of carboxylic acids is 1. The fourth-order valence-electron chi connectivity index (χ4n) is 1.55. The van der Waals surface area contributed by atoms with E-state index >= 15 is 0 Å². The van der Waals surface area contributed by atoms with Gasteiger partial charge < -0.3 is 10.4 Å². The SMILES string of the molecule is O=C(O)c1cn(CCNc2ccc3nnnn3n2)nn1. The van der Waals surface area contributed by atoms with Crippen LogP contribution in [0.5, 0.6) is 0 Å². The number of nitrogens with zero attached hydrogens (tertiary/aromatic N) is 8. The second-order valence-corrected chi connectivity index (χ2v) is 3.84. The number of aromatic carboxylic acids is 1. The van der Waals surface area contributed by atoms with Crippen molar-refractivity contribution in [1.29, 1.82) is 0 Å². The molecule has 102 valence electrons. The van der Waals surface area contributed by atoms with Gasteiger partial charge in [0.2, 0.25) is 0 Å². The zero-order valence-corrected chi connectivity index (χ0v) is 10.1. The maximum absolute atomic E-state index is 10.6. The number of nitrogens with one attached hydrogen (secondary N) is 1. The highest BCUT2D eigenvalue weighted by atomic mass is 16.4. The third kappa shape index (κ3) is 2.36. The highest BCUT2D eigenvalue weighted by Gasteiger charge is 2.07. The lowest BCUT2D eigenvalue weighted by atomic mass is 10.5. The average Bonchev–Trinajstić information content (AvgIpc) is 3.06. The Hall–Kier alpha value is -3.11. The number of anilines is 1. The van der Waals surface area contributed by atoms with E-state index in [4.69, 9.17) is 5.11 Å². The van der Waals surface area contributed by atoms with Crippen LogP contribution in [0, 0.1) is 0 Å². The highest BCUT2D eigenvalue weighted by molar-refractivity contribution is 5.84. The molecule has 3 aromatic rings. The van der Waals surface area contributed by atoms with Crippen molar-refractivity contribution >= 4 is 17.4 Å². The van der Waals surface area contributed by atoms with Crippen molar-refractivity contribution < 1.29 is 9.90 Å². The number of carboxylic acid groups (broad SMARTS) is 1. The zero-order valence-electron chi connectivity index (χ0n) is 10.1. The number of hydrogen-bond donors (Lipinski definition) is 2. The van der Waals surface area contributed by atoms with E-state index in [1.165, 1.54) is 15.5 Å². The number of fused-ring (bicyclic) bond motifs is 1. The first kappa shape index (κ1) is 12.0. The van der Waals surface area contributed by atoms with Crippen LogP contribution >= 0.6 is 0 Å². The van der Waals surface area contributed by atoms with Gasteiger partial charge in [-0.05, 0) is 22.6 Å². The van der Waals surface area contributed by atoms with E-state index in [-0.39, 0.29) is 5.69 Å². The van der Waals surface area contributed by atoms with Gasteiger partial charge in [-0.3, -0.25) is 0 Å². The molecule has 0 unspecified atom stereocenters. The summed E-state index contributed by atoms with van der Waals surface area (Å²) in [5.41, 5.74) is 0.469. The van der Waals surface area contributed by atoms with Gasteiger partial charge >= 0.3 is 5.97 Å². The molecule has 3 heterocycles. The molecule has 0 saturated heterocycles. The fraction of sp³-hybridized carbons (Fsp3) is 0.222. The Morgan fingerprint density at radius 3 is 3.00 bits per heavy atom. The smallest absolute Gasteiger partial charge is 0.358 e. The molecule has 11 heteroatoms. The predicted molar refractivity (Wildman–Crippen MR) is 64.0 cm³/mol. The molecular formula is C9H9N9O2. The van der Waals surface area contributed by atoms with Gasteiger partial charge in [-0.1, -0.05) is 5.21 Å². The van der Waals surface area contributed by atoms with Crippen molar-refractivity contribution in [1.82, 2.24) is 40.2 Å². The van der Waals surface area contributed by atoms with E-state index in [0.29, 0.717) is 24.6 Å². The fourth-order valence-corrected chi connectivity index (χ4v) is 1.55. The summed E-state index contributed by atoms with van der Waals surface area (Å²) in [7, 11) is 0. The van der Waals surface area contributed by atoms with Crippen LogP contribution in [0.3, 0.4) is 0 Å². The Kier molecular flexibility index (Phi) is 2.91. The lowest BCUT2D eigenvalue weighted by molar-refractivity contribution is 0.0690. The van der Waals surface area contributed by atoms with Gasteiger partial charge in [0.1, 0.15) is 5.82 Å². The van der Waals surface area contributed by atoms with Crippen LogP contribution in [0.15, 0.2) is 18.3 Å². The Labute approximate surface area is 111 Å². The van der Waals surface area contributed by atoms with E-state index < -0.39 is 5.97 Å². The molecule has 2 N–H and O–H groups in total. The van der Waals surface area contributed by atoms with Gasteiger partial charge in [0.25, 0.3) is 0 Å². The van der Waals surface area contributed by atoms with Gasteiger partial charge in [-0.25, -0.2) is 9.48 Å². The minimum Gasteiger partial charge on any atom is -0.476 e. The first-order valence-electron chi connectivity index (χ1n) is 5.65. The minimum absolute atomic E-state index is 0.0850. The summed E-state index contributed by atoms with van der Waals surface area (Å²) >= 11 is 0. The third-order valence-corrected chi connectivity index (χ3v) is 2.47. The topological polar surface area (TPSA) is 136 Å². The Morgan fingerprint density at radius 1 is 1.30 bits per heavy atom. The van der Waals surface area contributed by atoms with Gasteiger partial charge in [0, 0.05) is 6.54 Å². The van der Waals surface area contributed by atoms with Gasteiger partial charge in [-0.2, -0.15) is 0 Å². The standard InChI is InChI=1S/C9H9N9O2/c19-9(20)6-5-17(15-11-6)4-3-10-7-1-2-8-12-14-16-18(8)13-7/h1-2,5H,3-4H2,(H,10,13)(H,19,20). The number of hydrogen-bond acceptors (Lipinski definition) is 8. The number of rotatable bonds is 5. The lowest BCUT2D eigenvalue weighted by Gasteiger charge is -2.04. The maximum Gasteiger partial charge on any atom is 0.358 e. The first-order valence-corrected chi connectivity index (χ1v) is 5.65. The van der Waals surface area contributed by atoms with Crippen molar-refractivity contribution in [3.8, 4) is 0 Å². The number of aromatic nitrogens is 8. The molecule has 0 aliphatic carbocycles. The summed E-state index contributed by atoms with van der Waals surface area (Å²) in [4.78, 5) is 10.6. The molecule has 0 bridgehead atoms. The molecular weight excluding hydrogens is 266 g/mol. The molecule has 0 amide bonds. The Morgan fingerprint density at radius 2 is 2.20 bits per heavy atom. The summed E-state index contributed by atoms with van der Waals surface area (Å²) in [6.07, 6.45) is 1.36. The van der Waals surface area contributed by atoms with Gasteiger partial charge in [-0.15, -0.1) is 19.9 Å². The van der Waals surface area contributed by atoms with E-state index in [0.717, 1.165) is 0 Å². The van der Waals surface area contributed by atoms with E-state index in [2.05, 4.69) is 36.3 Å². The van der Waals surface area contributed by atoms with Crippen LogP contribution in [0.25, 0.3) is 5.65 Å². The quantitative estimate of drug-likeness (QED) is 0.595. The molecule has 20 heavy (non-hydrogen) atoms. The maximum atomic E-state index is 10.6. The minimum atomic E-state index is -1.10. The summed E-state index contributed by atoms with van der Waals surface area (Å²) < 4.78 is 2.74. The number of tetrazole rings is 1. The monoisotopic (exact) mass is 275 g/mol. The van der Waals surface area contributed by atoms with Crippen molar-refractivity contribution in [2.24, 2.45) is 0 Å². The van der Waals surface area contributed by atoms with Crippen molar-refractivity contribution in [3.05, 3.63) is 24.0 Å². The second kappa shape index (κ2) is 4.87. The molecule has 0 aliphatic rings. The predicted octanol–water partition coefficient (Wildman–Crippen LogP) is -1.08. The molecule has 3 aromatic heterocycles. The first-order chi connectivity index (χ1) is 9.72. The number of carbonyl (C=O) groups is 1. The molecule has 0 spiro atoms. The molecule has 0 fully saturated rings. The third-order valence-electron chi connectivity index (χ3n) is 2.47. The highest BCUT2D eigenvalue weighted by Crippen LogP contribution is 2.02. The normalized spacial score (nSPS) is 10.8. The largest absolute Gasteiger partial charge is 0.476 e. The molecule has 0 aliphatic heterocycles. The summed E-state index contributed by atoms with van der Waals surface area (Å²) in [6.45, 7) is 0.957. The Bertz CT molecular complexity index is 749. The van der Waals surface area contributed by atoms with E-state index in [9.17, 15) is 4.79 Å². The molecule has 0 aromatic carbocycles. The van der Waals surface area contributed by atoms with Crippen LogP contribution in [-0.4, -0.2) is 57.9 Å². The van der Waals surface area contributed by atoms with Crippen LogP contribution in [0.2, 0.25) is 0 Å².